The predicted octanol–water partition coefficient (Wildman–Crippen LogP) is 4.17. The number of para-hydroxylation sites is 1. The van der Waals surface area contributed by atoms with Crippen LogP contribution in [0.15, 0.2) is 18.2 Å². The summed E-state index contributed by atoms with van der Waals surface area (Å²) in [6.07, 6.45) is 3.27. The standard InChI is InChI=1S/C18H28N2O.ClH/c1-5-10-20-11-9-13(2)12-16(20)18(21)19-17-14(3)7-6-8-15(17)4;/h6-8,13,16H,5,9-12H2,1-4H3,(H,19,21);1H/t13-,16+;/m1./s1. The van der Waals surface area contributed by atoms with Gasteiger partial charge in [-0.25, -0.2) is 0 Å². The SMILES string of the molecule is CCCN1CC[C@@H](C)C[C@H]1C(=O)Nc1c(C)cccc1C.Cl. The summed E-state index contributed by atoms with van der Waals surface area (Å²) in [5, 5.41) is 3.18. The van der Waals surface area contributed by atoms with Gasteiger partial charge in [-0.3, -0.25) is 9.69 Å². The second kappa shape index (κ2) is 8.54. The van der Waals surface area contributed by atoms with Crippen LogP contribution in [0.25, 0.3) is 0 Å². The van der Waals surface area contributed by atoms with E-state index in [1.165, 1.54) is 6.42 Å². The number of benzene rings is 1. The molecule has 3 nitrogen and oxygen atoms in total. The number of aryl methyl sites for hydroxylation is 2. The van der Waals surface area contributed by atoms with E-state index in [-0.39, 0.29) is 24.4 Å². The van der Waals surface area contributed by atoms with E-state index < -0.39 is 0 Å². The first-order chi connectivity index (χ1) is 10.0. The number of hydrogen-bond acceptors (Lipinski definition) is 2. The van der Waals surface area contributed by atoms with Crippen LogP contribution in [-0.2, 0) is 4.79 Å². The lowest BCUT2D eigenvalue weighted by Gasteiger charge is -2.37. The Morgan fingerprint density at radius 2 is 1.95 bits per heavy atom. The first-order valence-corrected chi connectivity index (χ1v) is 8.14. The summed E-state index contributed by atoms with van der Waals surface area (Å²) >= 11 is 0. The van der Waals surface area contributed by atoms with Crippen molar-refractivity contribution >= 4 is 24.0 Å². The van der Waals surface area contributed by atoms with Crippen LogP contribution >= 0.6 is 12.4 Å². The average Bonchev–Trinajstić information content (AvgIpc) is 2.45. The minimum atomic E-state index is 0. The fourth-order valence-corrected chi connectivity index (χ4v) is 3.24. The fraction of sp³-hybridized carbons (Fsp3) is 0.611. The normalized spacial score (nSPS) is 22.0. The van der Waals surface area contributed by atoms with E-state index in [4.69, 9.17) is 0 Å². The monoisotopic (exact) mass is 324 g/mol. The molecule has 22 heavy (non-hydrogen) atoms. The van der Waals surface area contributed by atoms with Crippen LogP contribution in [0.1, 0.15) is 44.2 Å². The van der Waals surface area contributed by atoms with Gasteiger partial charge in [0.2, 0.25) is 5.91 Å². The predicted molar refractivity (Wildman–Crippen MR) is 95.8 cm³/mol. The summed E-state index contributed by atoms with van der Waals surface area (Å²) in [7, 11) is 0. The highest BCUT2D eigenvalue weighted by Gasteiger charge is 2.31. The number of likely N-dealkylation sites (tertiary alicyclic amines) is 1. The molecule has 1 fully saturated rings. The summed E-state index contributed by atoms with van der Waals surface area (Å²) in [5.74, 6) is 0.791. The van der Waals surface area contributed by atoms with Crippen LogP contribution in [-0.4, -0.2) is 29.9 Å². The molecule has 0 aliphatic carbocycles. The molecule has 1 amide bonds. The van der Waals surface area contributed by atoms with E-state index in [9.17, 15) is 4.79 Å². The van der Waals surface area contributed by atoms with E-state index in [0.29, 0.717) is 5.92 Å². The molecule has 1 heterocycles. The Bertz CT molecular complexity index is 484. The third-order valence-corrected chi connectivity index (χ3v) is 4.52. The lowest BCUT2D eigenvalue weighted by molar-refractivity contribution is -0.123. The fourth-order valence-electron chi connectivity index (χ4n) is 3.24. The Kier molecular flexibility index (Phi) is 7.37. The second-order valence-corrected chi connectivity index (χ2v) is 6.44. The zero-order chi connectivity index (χ0) is 15.4. The van der Waals surface area contributed by atoms with Crippen LogP contribution in [0.5, 0.6) is 0 Å². The molecule has 124 valence electrons. The number of halogens is 1. The first-order valence-electron chi connectivity index (χ1n) is 8.14. The van der Waals surface area contributed by atoms with Gasteiger partial charge in [-0.15, -0.1) is 12.4 Å². The molecule has 4 heteroatoms. The van der Waals surface area contributed by atoms with Crippen LogP contribution in [0.3, 0.4) is 0 Å². The number of anilines is 1. The molecule has 0 radical (unpaired) electrons. The largest absolute Gasteiger partial charge is 0.324 e. The van der Waals surface area contributed by atoms with Gasteiger partial charge in [-0.1, -0.05) is 32.0 Å². The van der Waals surface area contributed by atoms with Gasteiger partial charge in [-0.2, -0.15) is 0 Å². The Balaban J connectivity index is 0.00000242. The highest BCUT2D eigenvalue weighted by molar-refractivity contribution is 5.96. The van der Waals surface area contributed by atoms with E-state index in [2.05, 4.69) is 50.0 Å². The highest BCUT2D eigenvalue weighted by atomic mass is 35.5. The molecule has 1 saturated heterocycles. The summed E-state index contributed by atoms with van der Waals surface area (Å²) in [6, 6.07) is 6.16. The van der Waals surface area contributed by atoms with Gasteiger partial charge in [0, 0.05) is 5.69 Å². The van der Waals surface area contributed by atoms with Gasteiger partial charge < -0.3 is 5.32 Å². The maximum Gasteiger partial charge on any atom is 0.241 e. The van der Waals surface area contributed by atoms with Crippen LogP contribution in [0.4, 0.5) is 5.69 Å². The van der Waals surface area contributed by atoms with Crippen molar-refractivity contribution in [1.29, 1.82) is 0 Å². The van der Waals surface area contributed by atoms with Gasteiger partial charge in [0.15, 0.2) is 0 Å². The molecule has 0 saturated carbocycles. The molecule has 1 aliphatic heterocycles. The quantitative estimate of drug-likeness (QED) is 0.901. The molecular weight excluding hydrogens is 296 g/mol. The molecule has 0 aromatic heterocycles. The molecule has 2 rings (SSSR count). The van der Waals surface area contributed by atoms with Gasteiger partial charge in [-0.05, 0) is 63.2 Å². The van der Waals surface area contributed by atoms with Crippen molar-refractivity contribution in [3.05, 3.63) is 29.3 Å². The summed E-state index contributed by atoms with van der Waals surface area (Å²) in [4.78, 5) is 15.1. The molecule has 1 aromatic carbocycles. The third kappa shape index (κ3) is 4.47. The lowest BCUT2D eigenvalue weighted by Crippen LogP contribution is -2.49. The van der Waals surface area contributed by atoms with Crippen molar-refractivity contribution in [2.75, 3.05) is 18.4 Å². The van der Waals surface area contributed by atoms with Gasteiger partial charge in [0.05, 0.1) is 6.04 Å². The van der Waals surface area contributed by atoms with Crippen molar-refractivity contribution in [2.24, 2.45) is 5.92 Å². The highest BCUT2D eigenvalue weighted by Crippen LogP contribution is 2.25. The molecule has 2 atom stereocenters. The van der Waals surface area contributed by atoms with Crippen LogP contribution in [0.2, 0.25) is 0 Å². The van der Waals surface area contributed by atoms with E-state index in [0.717, 1.165) is 42.7 Å². The molecule has 1 aromatic rings. The van der Waals surface area contributed by atoms with Crippen molar-refractivity contribution in [2.45, 2.75) is 53.0 Å². The van der Waals surface area contributed by atoms with Gasteiger partial charge in [0.25, 0.3) is 0 Å². The maximum absolute atomic E-state index is 12.7. The number of piperidine rings is 1. The van der Waals surface area contributed by atoms with Crippen LogP contribution in [0, 0.1) is 19.8 Å². The number of nitrogens with one attached hydrogen (secondary N) is 1. The van der Waals surface area contributed by atoms with Gasteiger partial charge >= 0.3 is 0 Å². The van der Waals surface area contributed by atoms with Crippen molar-refractivity contribution in [3.8, 4) is 0 Å². The zero-order valence-corrected chi connectivity index (χ0v) is 15.0. The number of rotatable bonds is 4. The van der Waals surface area contributed by atoms with E-state index in [1.807, 2.05) is 6.07 Å². The third-order valence-electron chi connectivity index (χ3n) is 4.52. The van der Waals surface area contributed by atoms with Crippen molar-refractivity contribution < 1.29 is 4.79 Å². The van der Waals surface area contributed by atoms with E-state index >= 15 is 0 Å². The number of nitrogens with zero attached hydrogens (tertiary/aromatic N) is 1. The molecule has 1 N–H and O–H groups in total. The Labute approximate surface area is 140 Å². The number of carbonyl (C=O) groups excluding carboxylic acids is 1. The molecule has 0 spiro atoms. The maximum atomic E-state index is 12.7. The Morgan fingerprint density at radius 3 is 2.55 bits per heavy atom. The molecule has 1 aliphatic rings. The minimum absolute atomic E-state index is 0. The lowest BCUT2D eigenvalue weighted by atomic mass is 9.91. The van der Waals surface area contributed by atoms with Crippen LogP contribution < -0.4 is 5.32 Å². The number of hydrogen-bond donors (Lipinski definition) is 1. The summed E-state index contributed by atoms with van der Waals surface area (Å²) < 4.78 is 0. The first kappa shape index (κ1) is 19.0. The zero-order valence-electron chi connectivity index (χ0n) is 14.2. The molecule has 0 unspecified atom stereocenters. The molecule has 0 bridgehead atoms. The minimum Gasteiger partial charge on any atom is -0.324 e. The number of carbonyl (C=O) groups is 1. The van der Waals surface area contributed by atoms with Crippen molar-refractivity contribution in [1.82, 2.24) is 4.90 Å². The topological polar surface area (TPSA) is 32.3 Å². The molecular formula is C18H29ClN2O. The van der Waals surface area contributed by atoms with E-state index in [1.54, 1.807) is 0 Å². The van der Waals surface area contributed by atoms with Crippen molar-refractivity contribution in [3.63, 3.8) is 0 Å². The Hall–Kier alpha value is -1.06. The smallest absolute Gasteiger partial charge is 0.241 e. The second-order valence-electron chi connectivity index (χ2n) is 6.44. The summed E-state index contributed by atoms with van der Waals surface area (Å²) in [5.41, 5.74) is 3.25. The Morgan fingerprint density at radius 1 is 1.32 bits per heavy atom. The summed E-state index contributed by atoms with van der Waals surface area (Å²) in [6.45, 7) is 10.6. The van der Waals surface area contributed by atoms with Gasteiger partial charge in [0.1, 0.15) is 0 Å². The average molecular weight is 325 g/mol. The number of amides is 1.